The maximum atomic E-state index is 11.7. The van der Waals surface area contributed by atoms with Gasteiger partial charge in [-0.3, -0.25) is 0 Å². The number of aliphatic carboxylic acids is 1. The van der Waals surface area contributed by atoms with Crippen molar-refractivity contribution in [2.24, 2.45) is 0 Å². The average Bonchev–Trinajstić information content (AvgIpc) is 3.11. The van der Waals surface area contributed by atoms with Crippen molar-refractivity contribution in [3.8, 4) is 11.5 Å². The van der Waals surface area contributed by atoms with Gasteiger partial charge in [-0.25, -0.2) is 14.5 Å². The van der Waals surface area contributed by atoms with Gasteiger partial charge in [0.15, 0.2) is 0 Å². The van der Waals surface area contributed by atoms with Crippen LogP contribution in [0.3, 0.4) is 0 Å². The van der Waals surface area contributed by atoms with Crippen LogP contribution in [0.2, 0.25) is 15.1 Å². The molecule has 0 aliphatic rings. The molecule has 2 N–H and O–H groups in total. The summed E-state index contributed by atoms with van der Waals surface area (Å²) in [7, 11) is 0. The largest absolute Gasteiger partial charge is 0.479 e. The standard InChI is InChI=1S/C17H12Cl3N3O4/c18-13-4-2-11(6-15(13)20)27-10-1-3-12(14(19)5-10)17(26,16(24)25)7-23-9-21-8-22-23/h1-6,8-9,26H,7H2,(H,24,25). The molecule has 0 fully saturated rings. The van der Waals surface area contributed by atoms with Gasteiger partial charge in [0.25, 0.3) is 0 Å². The van der Waals surface area contributed by atoms with Crippen molar-refractivity contribution < 1.29 is 19.7 Å². The van der Waals surface area contributed by atoms with E-state index in [1.807, 2.05) is 0 Å². The van der Waals surface area contributed by atoms with Gasteiger partial charge in [-0.05, 0) is 24.3 Å². The van der Waals surface area contributed by atoms with Crippen LogP contribution in [-0.2, 0) is 16.9 Å². The molecule has 3 aromatic rings. The van der Waals surface area contributed by atoms with E-state index in [0.29, 0.717) is 21.5 Å². The Kier molecular flexibility index (Phi) is 5.57. The summed E-state index contributed by atoms with van der Waals surface area (Å²) < 4.78 is 6.84. The lowest BCUT2D eigenvalue weighted by Crippen LogP contribution is -2.40. The smallest absolute Gasteiger partial charge is 0.342 e. The molecule has 1 aromatic heterocycles. The number of aromatic nitrogens is 3. The third kappa shape index (κ3) is 4.17. The molecule has 0 saturated heterocycles. The Balaban J connectivity index is 1.90. The topological polar surface area (TPSA) is 97.5 Å². The Bertz CT molecular complexity index is 982. The van der Waals surface area contributed by atoms with E-state index in [2.05, 4.69) is 10.1 Å². The Morgan fingerprint density at radius 1 is 1.07 bits per heavy atom. The number of rotatable bonds is 6. The molecule has 1 unspecified atom stereocenters. The van der Waals surface area contributed by atoms with Gasteiger partial charge < -0.3 is 14.9 Å². The predicted molar refractivity (Wildman–Crippen MR) is 99.5 cm³/mol. The zero-order valence-corrected chi connectivity index (χ0v) is 15.8. The van der Waals surface area contributed by atoms with Crippen LogP contribution in [0.5, 0.6) is 11.5 Å². The fourth-order valence-electron chi connectivity index (χ4n) is 2.39. The highest BCUT2D eigenvalue weighted by Gasteiger charge is 2.41. The van der Waals surface area contributed by atoms with Crippen molar-refractivity contribution in [3.05, 3.63) is 69.7 Å². The second-order valence-electron chi connectivity index (χ2n) is 5.58. The Morgan fingerprint density at radius 3 is 2.30 bits per heavy atom. The third-order valence-corrected chi connectivity index (χ3v) is 4.78. The van der Waals surface area contributed by atoms with Crippen LogP contribution in [0.25, 0.3) is 0 Å². The predicted octanol–water partition coefficient (Wildman–Crippen LogP) is 4.00. The molecule has 2 aromatic carbocycles. The summed E-state index contributed by atoms with van der Waals surface area (Å²) in [5.74, 6) is -0.724. The van der Waals surface area contributed by atoms with Crippen LogP contribution < -0.4 is 4.74 Å². The van der Waals surface area contributed by atoms with Gasteiger partial charge in [-0.1, -0.05) is 40.9 Å². The van der Waals surface area contributed by atoms with Gasteiger partial charge in [0.1, 0.15) is 24.2 Å². The van der Waals surface area contributed by atoms with Crippen LogP contribution in [-0.4, -0.2) is 30.9 Å². The quantitative estimate of drug-likeness (QED) is 0.616. The molecule has 0 aliphatic heterocycles. The number of hydrogen-bond acceptors (Lipinski definition) is 5. The van der Waals surface area contributed by atoms with Gasteiger partial charge in [0, 0.05) is 11.6 Å². The SMILES string of the molecule is O=C(O)C(O)(Cn1cncn1)c1ccc(Oc2ccc(Cl)c(Cl)c2)cc1Cl. The van der Waals surface area contributed by atoms with Crippen LogP contribution in [0.15, 0.2) is 49.1 Å². The molecule has 0 radical (unpaired) electrons. The second-order valence-corrected chi connectivity index (χ2v) is 6.80. The number of ether oxygens (including phenoxy) is 1. The molecule has 0 aliphatic carbocycles. The molecule has 7 nitrogen and oxygen atoms in total. The molecule has 140 valence electrons. The molecule has 10 heteroatoms. The summed E-state index contributed by atoms with van der Waals surface area (Å²) in [6.45, 7) is -0.366. The fourth-order valence-corrected chi connectivity index (χ4v) is 3.00. The van der Waals surface area contributed by atoms with Crippen molar-refractivity contribution >= 4 is 40.8 Å². The molecular weight excluding hydrogens is 417 g/mol. The van der Waals surface area contributed by atoms with Crippen molar-refractivity contribution in [1.82, 2.24) is 14.8 Å². The fraction of sp³-hybridized carbons (Fsp3) is 0.118. The Morgan fingerprint density at radius 2 is 1.74 bits per heavy atom. The number of aliphatic hydroxyl groups is 1. The first-order valence-electron chi connectivity index (χ1n) is 7.51. The van der Waals surface area contributed by atoms with E-state index in [1.165, 1.54) is 41.6 Å². The molecule has 3 rings (SSSR count). The zero-order chi connectivity index (χ0) is 19.6. The van der Waals surface area contributed by atoms with Crippen molar-refractivity contribution in [2.45, 2.75) is 12.1 Å². The summed E-state index contributed by atoms with van der Waals surface area (Å²) in [5, 5.41) is 24.8. The van der Waals surface area contributed by atoms with Crippen LogP contribution in [0.4, 0.5) is 0 Å². The lowest BCUT2D eigenvalue weighted by molar-refractivity contribution is -0.161. The summed E-state index contributed by atoms with van der Waals surface area (Å²) in [6, 6.07) is 8.99. The first kappa shape index (κ1) is 19.4. The van der Waals surface area contributed by atoms with Crippen molar-refractivity contribution in [2.75, 3.05) is 0 Å². The monoisotopic (exact) mass is 427 g/mol. The van der Waals surface area contributed by atoms with Gasteiger partial charge in [0.05, 0.1) is 21.6 Å². The number of carboxylic acid groups (broad SMARTS) is 1. The van der Waals surface area contributed by atoms with E-state index in [0.717, 1.165) is 0 Å². The van der Waals surface area contributed by atoms with Crippen LogP contribution in [0.1, 0.15) is 5.56 Å². The summed E-state index contributed by atoms with van der Waals surface area (Å²) in [6.07, 6.45) is 2.53. The van der Waals surface area contributed by atoms with Crippen molar-refractivity contribution in [1.29, 1.82) is 0 Å². The molecule has 0 spiro atoms. The van der Waals surface area contributed by atoms with E-state index >= 15 is 0 Å². The average molecular weight is 429 g/mol. The number of carbonyl (C=O) groups is 1. The first-order valence-corrected chi connectivity index (χ1v) is 8.64. The molecule has 0 saturated carbocycles. The first-order chi connectivity index (χ1) is 12.8. The zero-order valence-electron chi connectivity index (χ0n) is 13.5. The summed E-state index contributed by atoms with van der Waals surface area (Å²) in [5.41, 5.74) is -2.30. The van der Waals surface area contributed by atoms with Gasteiger partial charge in [0.2, 0.25) is 5.60 Å². The van der Waals surface area contributed by atoms with E-state index in [-0.39, 0.29) is 17.1 Å². The third-order valence-electron chi connectivity index (χ3n) is 3.72. The van der Waals surface area contributed by atoms with Gasteiger partial charge >= 0.3 is 5.97 Å². The summed E-state index contributed by atoms with van der Waals surface area (Å²) in [4.78, 5) is 15.4. The molecule has 1 atom stereocenters. The van der Waals surface area contributed by atoms with E-state index in [9.17, 15) is 15.0 Å². The molecule has 0 amide bonds. The number of nitrogens with zero attached hydrogens (tertiary/aromatic N) is 3. The number of halogens is 3. The molecule has 27 heavy (non-hydrogen) atoms. The van der Waals surface area contributed by atoms with Gasteiger partial charge in [-0.15, -0.1) is 0 Å². The lowest BCUT2D eigenvalue weighted by Gasteiger charge is -2.25. The van der Waals surface area contributed by atoms with Crippen LogP contribution >= 0.6 is 34.8 Å². The minimum Gasteiger partial charge on any atom is -0.479 e. The highest BCUT2D eigenvalue weighted by Crippen LogP contribution is 2.35. The highest BCUT2D eigenvalue weighted by molar-refractivity contribution is 6.42. The minimum absolute atomic E-state index is 0.00587. The van der Waals surface area contributed by atoms with E-state index < -0.39 is 11.6 Å². The normalized spacial score (nSPS) is 13.2. The maximum Gasteiger partial charge on any atom is 0.342 e. The molecule has 0 bridgehead atoms. The second kappa shape index (κ2) is 7.74. The number of benzene rings is 2. The van der Waals surface area contributed by atoms with E-state index in [4.69, 9.17) is 39.5 Å². The number of hydrogen-bond donors (Lipinski definition) is 2. The molecular formula is C17H12Cl3N3O4. The maximum absolute atomic E-state index is 11.7. The minimum atomic E-state index is -2.30. The molecule has 1 heterocycles. The van der Waals surface area contributed by atoms with Crippen LogP contribution in [0, 0.1) is 0 Å². The Labute approximate surface area is 168 Å². The van der Waals surface area contributed by atoms with Gasteiger partial charge in [-0.2, -0.15) is 5.10 Å². The number of carboxylic acids is 1. The lowest BCUT2D eigenvalue weighted by atomic mass is 9.93. The summed E-state index contributed by atoms with van der Waals surface area (Å²) >= 11 is 18.0. The van der Waals surface area contributed by atoms with Crippen molar-refractivity contribution in [3.63, 3.8) is 0 Å². The van der Waals surface area contributed by atoms with E-state index in [1.54, 1.807) is 12.1 Å². The Hall–Kier alpha value is -2.32. The highest BCUT2D eigenvalue weighted by atomic mass is 35.5.